The van der Waals surface area contributed by atoms with Crippen LogP contribution in [0.25, 0.3) is 0 Å². The van der Waals surface area contributed by atoms with E-state index in [1.54, 1.807) is 12.1 Å². The number of nitrogens with zero attached hydrogens (tertiary/aromatic N) is 2. The largest absolute Gasteiger partial charge is 0.508 e. The summed E-state index contributed by atoms with van der Waals surface area (Å²) in [6.45, 7) is 6.35. The van der Waals surface area contributed by atoms with Crippen molar-refractivity contribution in [3.8, 4) is 5.75 Å². The van der Waals surface area contributed by atoms with Crippen LogP contribution in [0.4, 0.5) is 5.69 Å². The Bertz CT molecular complexity index is 831. The molecule has 1 saturated carbocycles. The summed E-state index contributed by atoms with van der Waals surface area (Å²) >= 11 is 0. The van der Waals surface area contributed by atoms with Gasteiger partial charge in [0.1, 0.15) is 5.75 Å². The summed E-state index contributed by atoms with van der Waals surface area (Å²) in [6.07, 6.45) is 4.38. The van der Waals surface area contributed by atoms with E-state index in [1.165, 1.54) is 17.7 Å². The van der Waals surface area contributed by atoms with Gasteiger partial charge in [0.25, 0.3) is 0 Å². The number of aromatic hydroxyl groups is 1. The van der Waals surface area contributed by atoms with Crippen molar-refractivity contribution < 1.29 is 9.90 Å². The first-order valence-electron chi connectivity index (χ1n) is 11.2. The van der Waals surface area contributed by atoms with Crippen molar-refractivity contribution in [2.75, 3.05) is 37.6 Å². The lowest BCUT2D eigenvalue weighted by Gasteiger charge is -2.43. The van der Waals surface area contributed by atoms with Gasteiger partial charge < -0.3 is 15.3 Å². The van der Waals surface area contributed by atoms with Gasteiger partial charge in [-0.3, -0.25) is 9.69 Å². The molecule has 5 nitrogen and oxygen atoms in total. The summed E-state index contributed by atoms with van der Waals surface area (Å²) in [6, 6.07) is 18.0. The predicted octanol–water partition coefficient (Wildman–Crippen LogP) is 3.75. The van der Waals surface area contributed by atoms with Crippen molar-refractivity contribution in [1.82, 2.24) is 10.2 Å². The molecule has 2 aromatic carbocycles. The predicted molar refractivity (Wildman–Crippen MR) is 121 cm³/mol. The van der Waals surface area contributed by atoms with Crippen LogP contribution in [0.5, 0.6) is 5.75 Å². The Hall–Kier alpha value is -2.53. The number of amides is 1. The highest BCUT2D eigenvalue weighted by molar-refractivity contribution is 5.79. The molecule has 0 aromatic heterocycles. The number of benzene rings is 2. The van der Waals surface area contributed by atoms with E-state index in [9.17, 15) is 9.90 Å². The molecule has 5 heteroatoms. The zero-order chi connectivity index (χ0) is 21.0. The molecule has 1 heterocycles. The lowest BCUT2D eigenvalue weighted by molar-refractivity contribution is -0.124. The molecule has 1 amide bonds. The zero-order valence-electron chi connectivity index (χ0n) is 17.9. The third-order valence-corrected chi connectivity index (χ3v) is 6.79. The van der Waals surface area contributed by atoms with Crippen LogP contribution in [0.2, 0.25) is 0 Å². The molecule has 2 atom stereocenters. The molecule has 160 valence electrons. The Morgan fingerprint density at radius 2 is 1.73 bits per heavy atom. The highest BCUT2D eigenvalue weighted by Gasteiger charge is 2.38. The third kappa shape index (κ3) is 4.78. The number of piperazine rings is 1. The Kier molecular flexibility index (Phi) is 6.28. The molecule has 2 N–H and O–H groups in total. The van der Waals surface area contributed by atoms with Gasteiger partial charge in [0.2, 0.25) is 5.91 Å². The number of hydrogen-bond donors (Lipinski definition) is 2. The van der Waals surface area contributed by atoms with Crippen molar-refractivity contribution in [2.45, 2.75) is 44.1 Å². The fourth-order valence-corrected chi connectivity index (χ4v) is 5.09. The van der Waals surface area contributed by atoms with E-state index < -0.39 is 0 Å². The van der Waals surface area contributed by atoms with Crippen molar-refractivity contribution in [3.05, 3.63) is 60.2 Å². The summed E-state index contributed by atoms with van der Waals surface area (Å²) in [5.74, 6) is 0.692. The number of para-hydroxylation sites is 1. The molecule has 0 bridgehead atoms. The number of rotatable bonds is 5. The Morgan fingerprint density at radius 1 is 1.03 bits per heavy atom. The maximum absolute atomic E-state index is 13.0. The quantitative estimate of drug-likeness (QED) is 0.793. The van der Waals surface area contributed by atoms with Gasteiger partial charge in [-0.25, -0.2) is 0 Å². The molecule has 0 spiro atoms. The van der Waals surface area contributed by atoms with E-state index in [1.807, 2.05) is 18.2 Å². The molecular weight excluding hydrogens is 374 g/mol. The summed E-state index contributed by atoms with van der Waals surface area (Å²) in [5.41, 5.74) is 2.22. The van der Waals surface area contributed by atoms with Gasteiger partial charge >= 0.3 is 0 Å². The van der Waals surface area contributed by atoms with Gasteiger partial charge in [-0.1, -0.05) is 43.2 Å². The summed E-state index contributed by atoms with van der Waals surface area (Å²) in [5, 5.41) is 13.0. The molecule has 1 aliphatic heterocycles. The number of anilines is 1. The van der Waals surface area contributed by atoms with E-state index in [0.717, 1.165) is 45.4 Å². The standard InChI is InChI=1S/C25H33N3O2/c1-25(14-6-5-9-23(25)20-10-12-22(29)13-11-20)26-24(30)19-27-15-17-28(18-16-27)21-7-3-2-4-8-21/h2-4,7-8,10-13,23,29H,5-6,9,14-19H2,1H3,(H,26,30)/t23-,25+/m1/s1. The summed E-state index contributed by atoms with van der Waals surface area (Å²) in [7, 11) is 0. The smallest absolute Gasteiger partial charge is 0.234 e. The summed E-state index contributed by atoms with van der Waals surface area (Å²) in [4.78, 5) is 17.6. The third-order valence-electron chi connectivity index (χ3n) is 6.79. The minimum Gasteiger partial charge on any atom is -0.508 e. The highest BCUT2D eigenvalue weighted by Crippen LogP contribution is 2.41. The van der Waals surface area contributed by atoms with Gasteiger partial charge in [-0.15, -0.1) is 0 Å². The minimum atomic E-state index is -0.238. The van der Waals surface area contributed by atoms with Crippen LogP contribution in [0.1, 0.15) is 44.1 Å². The number of phenolic OH excluding ortho intramolecular Hbond substituents is 1. The van der Waals surface area contributed by atoms with Crippen LogP contribution in [-0.4, -0.2) is 54.2 Å². The fourth-order valence-electron chi connectivity index (χ4n) is 5.09. The fraction of sp³-hybridized carbons (Fsp3) is 0.480. The molecule has 2 aliphatic rings. The first-order valence-corrected chi connectivity index (χ1v) is 11.2. The van der Waals surface area contributed by atoms with E-state index in [2.05, 4.69) is 46.3 Å². The molecule has 2 aromatic rings. The number of hydrogen-bond acceptors (Lipinski definition) is 4. The summed E-state index contributed by atoms with van der Waals surface area (Å²) < 4.78 is 0. The van der Waals surface area contributed by atoms with Crippen LogP contribution in [0.15, 0.2) is 54.6 Å². The molecule has 2 fully saturated rings. The molecule has 0 radical (unpaired) electrons. The first-order chi connectivity index (χ1) is 14.5. The van der Waals surface area contributed by atoms with Crippen LogP contribution < -0.4 is 10.2 Å². The highest BCUT2D eigenvalue weighted by atomic mass is 16.3. The molecule has 0 unspecified atom stereocenters. The maximum atomic E-state index is 13.0. The first kappa shape index (κ1) is 20.7. The van der Waals surface area contributed by atoms with Gasteiger partial charge in [-0.05, 0) is 49.6 Å². The number of phenols is 1. The van der Waals surface area contributed by atoms with E-state index >= 15 is 0 Å². The second-order valence-electron chi connectivity index (χ2n) is 8.95. The van der Waals surface area contributed by atoms with Crippen LogP contribution >= 0.6 is 0 Å². The van der Waals surface area contributed by atoms with Gasteiger partial charge in [0.05, 0.1) is 6.54 Å². The van der Waals surface area contributed by atoms with Gasteiger partial charge in [0, 0.05) is 43.3 Å². The number of nitrogens with one attached hydrogen (secondary N) is 1. The van der Waals surface area contributed by atoms with Crippen molar-refractivity contribution in [1.29, 1.82) is 0 Å². The lowest BCUT2D eigenvalue weighted by atomic mass is 9.70. The second-order valence-corrected chi connectivity index (χ2v) is 8.95. The number of carbonyl (C=O) groups excluding carboxylic acids is 1. The Morgan fingerprint density at radius 3 is 2.43 bits per heavy atom. The molecule has 1 saturated heterocycles. The topological polar surface area (TPSA) is 55.8 Å². The van der Waals surface area contributed by atoms with E-state index in [0.29, 0.717) is 6.54 Å². The molecule has 1 aliphatic carbocycles. The second kappa shape index (κ2) is 9.09. The van der Waals surface area contributed by atoms with E-state index in [-0.39, 0.29) is 23.1 Å². The number of carbonyl (C=O) groups is 1. The van der Waals surface area contributed by atoms with Gasteiger partial charge in [-0.2, -0.15) is 0 Å². The Balaban J connectivity index is 1.34. The van der Waals surface area contributed by atoms with Crippen LogP contribution in [0, 0.1) is 0 Å². The van der Waals surface area contributed by atoms with Crippen LogP contribution in [-0.2, 0) is 4.79 Å². The molecule has 4 rings (SSSR count). The average molecular weight is 408 g/mol. The van der Waals surface area contributed by atoms with Crippen molar-refractivity contribution in [2.24, 2.45) is 0 Å². The SMILES string of the molecule is C[C@]1(NC(=O)CN2CCN(c3ccccc3)CC2)CCCC[C@@H]1c1ccc(O)cc1. The maximum Gasteiger partial charge on any atom is 0.234 e. The molecule has 30 heavy (non-hydrogen) atoms. The normalized spacial score (nSPS) is 25.1. The van der Waals surface area contributed by atoms with E-state index in [4.69, 9.17) is 0 Å². The zero-order valence-corrected chi connectivity index (χ0v) is 17.9. The average Bonchev–Trinajstić information content (AvgIpc) is 2.76. The van der Waals surface area contributed by atoms with Crippen molar-refractivity contribution in [3.63, 3.8) is 0 Å². The Labute approximate surface area is 179 Å². The van der Waals surface area contributed by atoms with Gasteiger partial charge in [0.15, 0.2) is 0 Å². The lowest BCUT2D eigenvalue weighted by Crippen LogP contribution is -2.56. The monoisotopic (exact) mass is 407 g/mol. The van der Waals surface area contributed by atoms with Crippen LogP contribution in [0.3, 0.4) is 0 Å². The minimum absolute atomic E-state index is 0.122. The van der Waals surface area contributed by atoms with Crippen molar-refractivity contribution >= 4 is 11.6 Å². The molecular formula is C25H33N3O2.